The predicted molar refractivity (Wildman–Crippen MR) is 378 cm³/mol. The minimum absolute atomic E-state index is 0. The highest BCUT2D eigenvalue weighted by molar-refractivity contribution is 6.16. The highest BCUT2D eigenvalue weighted by Crippen LogP contribution is 2.14. The van der Waals surface area contributed by atoms with Gasteiger partial charge in [0, 0.05) is 69.2 Å². The summed E-state index contributed by atoms with van der Waals surface area (Å²) in [6.07, 6.45) is 12.4. The molecule has 6 rings (SSSR count). The quantitative estimate of drug-likeness (QED) is 0.00322. The number of aliphatic hydroxyl groups is 3. The Morgan fingerprint density at radius 2 is 0.683 bits per heavy atom. The summed E-state index contributed by atoms with van der Waals surface area (Å²) < 4.78 is 18.4. The molecule has 22 N–H and O–H groups in total. The Morgan fingerprint density at radius 1 is 0.462 bits per heavy atom. The number of carboxylic acid groups (broad SMARTS) is 2. The SMILES string of the molecule is C.COC(=O)[C@@H](C)Cc1ccc(CCl)nc1.COC(=O)[C@@H](C)Cc1ccc(CN=[N+]=[N-])nc1.COC(=O)[C@@H](C)Cc1ccc(CO)nc1.COC(=O)[C@@H](N)Cc1ccc(CO)nc1.N.N.N#N.N/N=N/N.N[C@@H](Cc1ccc(CO)nc1)C(=O)O.[N-]=[N+]=N.[N-]=[N+]=NCc1ccc(C[C@H](N)C(=O)O)cn1. The molecule has 0 unspecified atom stereocenters. The zero-order chi connectivity index (χ0) is 77.1. The number of nitrogens with two attached hydrogens (primary N) is 5. The van der Waals surface area contributed by atoms with E-state index in [1.165, 1.54) is 40.8 Å². The van der Waals surface area contributed by atoms with Gasteiger partial charge in [0.1, 0.15) is 18.1 Å². The summed E-state index contributed by atoms with van der Waals surface area (Å²) in [6.45, 7) is 5.60. The van der Waals surface area contributed by atoms with Crippen LogP contribution in [0.4, 0.5) is 0 Å². The maximum atomic E-state index is 11.2. The van der Waals surface area contributed by atoms with Gasteiger partial charge in [0.05, 0.1) is 108 Å². The summed E-state index contributed by atoms with van der Waals surface area (Å²) in [4.78, 5) is 96.8. The molecule has 41 nitrogen and oxygen atoms in total. The zero-order valence-electron chi connectivity index (χ0n) is 57.9. The molecule has 0 spiro atoms. The van der Waals surface area contributed by atoms with Gasteiger partial charge in [-0.1, -0.05) is 85.3 Å². The Bertz CT molecular complexity index is 3340. The lowest BCUT2D eigenvalue weighted by Gasteiger charge is -2.08. The molecule has 0 amide bonds. The van der Waals surface area contributed by atoms with Gasteiger partial charge in [0.2, 0.25) is 0 Å². The number of carboxylic acids is 2. The van der Waals surface area contributed by atoms with Crippen LogP contribution >= 0.6 is 11.6 Å². The fraction of sp³-hybridized carbons (Fsp3) is 0.419. The first-order valence-electron chi connectivity index (χ1n) is 29.4. The van der Waals surface area contributed by atoms with E-state index in [4.69, 9.17) is 87.2 Å². The summed E-state index contributed by atoms with van der Waals surface area (Å²) in [5, 5.41) is 67.5. The number of hydrogen-bond donors (Lipinski definition) is 13. The molecule has 0 aliphatic carbocycles. The lowest BCUT2D eigenvalue weighted by molar-refractivity contribution is -0.145. The molecule has 0 aliphatic rings. The van der Waals surface area contributed by atoms with Crippen molar-refractivity contribution in [2.75, 3.05) is 28.4 Å². The van der Waals surface area contributed by atoms with Crippen LogP contribution in [-0.4, -0.2) is 138 Å². The Labute approximate surface area is 605 Å². The number of nitrogens with zero attached hydrogens (tertiary/aromatic N) is 18. The van der Waals surface area contributed by atoms with Crippen molar-refractivity contribution in [2.45, 2.75) is 124 Å². The number of rotatable bonds is 26. The maximum absolute atomic E-state index is 11.2. The van der Waals surface area contributed by atoms with E-state index in [1.807, 2.05) is 38.1 Å². The van der Waals surface area contributed by atoms with E-state index in [0.29, 0.717) is 60.0 Å². The van der Waals surface area contributed by atoms with E-state index in [-0.39, 0.29) is 101 Å². The van der Waals surface area contributed by atoms with E-state index >= 15 is 0 Å². The number of carbonyl (C=O) groups is 6. The first-order chi connectivity index (χ1) is 48.3. The Hall–Kier alpha value is -11.8. The average Bonchev–Trinajstić information content (AvgIpc) is 0.941. The molecule has 0 aliphatic heterocycles. The van der Waals surface area contributed by atoms with Crippen LogP contribution < -0.4 is 41.2 Å². The first kappa shape index (κ1) is 103. The number of aliphatic hydroxyl groups excluding tert-OH is 3. The minimum Gasteiger partial charge on any atom is -0.480 e. The number of ether oxygens (including phenoxy) is 4. The standard InChI is InChI=1S/C11H14ClNO2.C11H14N4O2.C11H15NO3.C10H14N2O3.C9H11N5O2.C9H12N2O3.CH4.H4N4.HN3.N2.2H3N/c1-8(11(14)15-2)5-9-3-4-10(6-12)13-7-9;1-8(11(16)17-2)5-9-3-4-10(13-6-9)7-14-15-12;1-8(11(14)15-2)5-9-3-4-10(7-13)12-6-9;1-15-10(14)9(11)4-7-2-3-8(6-13)12-5-7;10-8(9(15)16)3-6-1-2-7(12-4-6)5-13-14-11;10-8(9(13)14)3-6-1-2-7(5-12)11-4-6;;1-3-4-2;1-3-2;1-2;;/h3-4,7-8H,5-6H2,1-2H3;3-4,6,8H,5,7H2,1-2H3;3-4,6,8,13H,5,7H2,1-2H3;2-3,5,9,13H,4,6,11H2,1H3;1-2,4,8H,3,5,10H2,(H,15,16);1-2,4,8,12H,3,5,10H2,(H,13,14);1H4;(H2,1,4)(H2,2,3);1H;;2*1H3/t3*8-;9-;2*8-;;;;;;/m000000....../s1. The Kier molecular flexibility index (Phi) is 64.1. The molecule has 104 heavy (non-hydrogen) atoms. The summed E-state index contributed by atoms with van der Waals surface area (Å²) in [5.41, 5.74) is 54.0. The summed E-state index contributed by atoms with van der Waals surface area (Å²) in [5.74, 6) is 5.46. The highest BCUT2D eigenvalue weighted by atomic mass is 35.5. The predicted octanol–water partition coefficient (Wildman–Crippen LogP) is 6.38. The van der Waals surface area contributed by atoms with Crippen LogP contribution in [0.2, 0.25) is 0 Å². The van der Waals surface area contributed by atoms with Crippen LogP contribution in [0.25, 0.3) is 31.3 Å². The molecule has 6 aromatic heterocycles. The molecule has 6 aromatic rings. The van der Waals surface area contributed by atoms with Gasteiger partial charge in [0.15, 0.2) is 0 Å². The number of azide groups is 2. The van der Waals surface area contributed by atoms with Crippen molar-refractivity contribution >= 4 is 47.4 Å². The third-order valence-electron chi connectivity index (χ3n) is 12.5. The molecular weight excluding hydrogens is 1380 g/mol. The van der Waals surface area contributed by atoms with Crippen molar-refractivity contribution in [2.24, 2.45) is 67.3 Å². The molecule has 0 saturated heterocycles. The van der Waals surface area contributed by atoms with Gasteiger partial charge in [-0.2, -0.15) is 0 Å². The number of halogens is 1. The van der Waals surface area contributed by atoms with Gasteiger partial charge < -0.3 is 85.7 Å². The molecule has 570 valence electrons. The molecule has 42 heteroatoms. The number of aromatic nitrogens is 6. The molecule has 0 fully saturated rings. The van der Waals surface area contributed by atoms with E-state index in [0.717, 1.165) is 39.1 Å². The first-order valence-corrected chi connectivity index (χ1v) is 29.9. The molecule has 6 atom stereocenters. The minimum atomic E-state index is -1.04. The van der Waals surface area contributed by atoms with Gasteiger partial charge in [-0.05, 0) is 130 Å². The van der Waals surface area contributed by atoms with Crippen molar-refractivity contribution in [1.29, 1.82) is 16.3 Å². The lowest BCUT2D eigenvalue weighted by atomic mass is 10.0. The fourth-order valence-corrected chi connectivity index (χ4v) is 7.45. The third kappa shape index (κ3) is 48.9. The second kappa shape index (κ2) is 64.6. The second-order valence-electron chi connectivity index (χ2n) is 20.2. The van der Waals surface area contributed by atoms with Crippen LogP contribution in [0.3, 0.4) is 0 Å². The number of esters is 4. The summed E-state index contributed by atoms with van der Waals surface area (Å²) >= 11 is 5.62. The van der Waals surface area contributed by atoms with Crippen molar-refractivity contribution < 1.29 is 73.2 Å². The number of pyridine rings is 6. The van der Waals surface area contributed by atoms with Crippen LogP contribution in [0.15, 0.2) is 131 Å². The normalized spacial score (nSPS) is 11.0. The highest BCUT2D eigenvalue weighted by Gasteiger charge is 2.18. The van der Waals surface area contributed by atoms with Gasteiger partial charge >= 0.3 is 35.8 Å². The fourth-order valence-electron chi connectivity index (χ4n) is 7.30. The van der Waals surface area contributed by atoms with Crippen molar-refractivity contribution in [3.63, 3.8) is 0 Å². The molecule has 0 bridgehead atoms. The molecule has 6 heterocycles. The van der Waals surface area contributed by atoms with Gasteiger partial charge in [-0.25, -0.2) is 0 Å². The molecule has 0 radical (unpaired) electrons. The van der Waals surface area contributed by atoms with E-state index < -0.39 is 36.0 Å². The van der Waals surface area contributed by atoms with Crippen LogP contribution in [0.5, 0.6) is 0 Å². The van der Waals surface area contributed by atoms with Gasteiger partial charge in [0.25, 0.3) is 0 Å². The molecular formula is C62H95ClN26O15. The average molecular weight is 1480 g/mol. The smallest absolute Gasteiger partial charge is 0.322 e. The van der Waals surface area contributed by atoms with Crippen molar-refractivity contribution in [3.05, 3.63) is 209 Å². The third-order valence-corrected chi connectivity index (χ3v) is 12.8. The maximum Gasteiger partial charge on any atom is 0.322 e. The second-order valence-corrected chi connectivity index (χ2v) is 20.4. The number of carbonyl (C=O) groups excluding carboxylic acids is 4. The van der Waals surface area contributed by atoms with Crippen molar-refractivity contribution in [1.82, 2.24) is 42.2 Å². The monoisotopic (exact) mass is 1480 g/mol. The zero-order valence-corrected chi connectivity index (χ0v) is 58.6. The largest absolute Gasteiger partial charge is 0.480 e. The van der Waals surface area contributed by atoms with Crippen LogP contribution in [-0.2, 0) is 125 Å². The van der Waals surface area contributed by atoms with Crippen LogP contribution in [0.1, 0.15) is 95.7 Å². The van der Waals surface area contributed by atoms with Crippen molar-refractivity contribution in [3.8, 4) is 0 Å². The number of methoxy groups -OCH3 is 4. The van der Waals surface area contributed by atoms with E-state index in [9.17, 15) is 28.8 Å². The number of alkyl halides is 1. The van der Waals surface area contributed by atoms with Crippen LogP contribution in [0, 0.1) is 34.1 Å². The molecule has 0 aromatic carbocycles. The number of aliphatic carboxylic acids is 2. The van der Waals surface area contributed by atoms with E-state index in [2.05, 4.69) is 91.0 Å². The van der Waals surface area contributed by atoms with Gasteiger partial charge in [-0.15, -0.1) is 17.1 Å². The van der Waals surface area contributed by atoms with E-state index in [1.54, 1.807) is 85.2 Å². The Balaban J connectivity index is -0.000000269. The summed E-state index contributed by atoms with van der Waals surface area (Å²) in [6, 6.07) is 18.8. The number of nitrogens with one attached hydrogen (secondary N) is 1. The lowest BCUT2D eigenvalue weighted by Crippen LogP contribution is -2.33. The van der Waals surface area contributed by atoms with Gasteiger partial charge in [-0.3, -0.25) is 58.7 Å². The topological polar surface area (TPSA) is 748 Å². The summed E-state index contributed by atoms with van der Waals surface area (Å²) in [7, 11) is 5.45. The Morgan fingerprint density at radius 3 is 0.865 bits per heavy atom. The molecule has 0 saturated carbocycles. The number of hydrogen-bond acceptors (Lipinski definition) is 31.